The van der Waals surface area contributed by atoms with Crippen molar-refractivity contribution < 1.29 is 19.7 Å². The molecular weight excluding hydrogens is 428 g/mol. The molecule has 2 heterocycles. The van der Waals surface area contributed by atoms with Crippen molar-refractivity contribution in [1.29, 1.82) is 0 Å². The Morgan fingerprint density at radius 2 is 1.86 bits per heavy atom. The van der Waals surface area contributed by atoms with E-state index in [-0.39, 0.29) is 18.4 Å². The molecular formula is C17H14Cl2N3O5P. The van der Waals surface area contributed by atoms with Crippen LogP contribution in [0, 0.1) is 0 Å². The molecule has 2 aromatic heterocycles. The number of hydrogen-bond donors (Lipinski definition) is 4. The van der Waals surface area contributed by atoms with Gasteiger partial charge in [0.25, 0.3) is 5.91 Å². The lowest BCUT2D eigenvalue weighted by atomic mass is 10.2. The van der Waals surface area contributed by atoms with Gasteiger partial charge in [0.2, 0.25) is 5.75 Å². The Bertz CT molecular complexity index is 1120. The molecule has 11 heteroatoms. The van der Waals surface area contributed by atoms with E-state index in [0.29, 0.717) is 21.2 Å². The molecule has 1 aromatic carbocycles. The van der Waals surface area contributed by atoms with Crippen LogP contribution in [0.15, 0.2) is 41.3 Å². The smallest absolute Gasteiger partial charge is 0.300 e. The van der Waals surface area contributed by atoms with Crippen LogP contribution in [0.25, 0.3) is 5.65 Å². The maximum absolute atomic E-state index is 12.4. The lowest BCUT2D eigenvalue weighted by Gasteiger charge is -2.10. The molecule has 3 aromatic rings. The molecule has 146 valence electrons. The van der Waals surface area contributed by atoms with E-state index in [1.54, 1.807) is 24.3 Å². The van der Waals surface area contributed by atoms with Crippen molar-refractivity contribution in [3.8, 4) is 5.75 Å². The normalized spacial score (nSPS) is 11.2. The van der Waals surface area contributed by atoms with Gasteiger partial charge in [0.05, 0.1) is 10.0 Å². The van der Waals surface area contributed by atoms with Gasteiger partial charge >= 0.3 is 5.56 Å². The number of nitrogens with one attached hydrogen (secondary N) is 1. The number of nitrogens with zero attached hydrogens (tertiary/aromatic N) is 2. The van der Waals surface area contributed by atoms with Crippen LogP contribution in [0.5, 0.6) is 5.75 Å². The summed E-state index contributed by atoms with van der Waals surface area (Å²) in [5, 5.41) is 13.4. The van der Waals surface area contributed by atoms with Gasteiger partial charge in [0, 0.05) is 18.9 Å². The van der Waals surface area contributed by atoms with Crippen LogP contribution in [0.1, 0.15) is 21.6 Å². The molecule has 0 saturated carbocycles. The number of amides is 1. The molecule has 0 aliphatic rings. The van der Waals surface area contributed by atoms with Gasteiger partial charge in [0.1, 0.15) is 5.65 Å². The van der Waals surface area contributed by atoms with Gasteiger partial charge in [-0.2, -0.15) is 0 Å². The van der Waals surface area contributed by atoms with E-state index < -0.39 is 31.3 Å². The summed E-state index contributed by atoms with van der Waals surface area (Å²) in [7, 11) is -2.18. The fourth-order valence-corrected chi connectivity index (χ4v) is 3.34. The molecule has 0 atom stereocenters. The Hall–Kier alpha value is -2.22. The zero-order valence-corrected chi connectivity index (χ0v) is 16.5. The third-order valence-corrected chi connectivity index (χ3v) is 5.22. The molecule has 28 heavy (non-hydrogen) atoms. The van der Waals surface area contributed by atoms with Crippen LogP contribution in [-0.2, 0) is 12.7 Å². The quantitative estimate of drug-likeness (QED) is 0.450. The summed E-state index contributed by atoms with van der Waals surface area (Å²) < 4.78 is 1.04. The molecule has 0 bridgehead atoms. The van der Waals surface area contributed by atoms with Gasteiger partial charge < -0.3 is 20.2 Å². The molecule has 3 rings (SSSR count). The van der Waals surface area contributed by atoms with E-state index in [4.69, 9.17) is 33.0 Å². The molecule has 4 N–H and O–H groups in total. The molecule has 0 aliphatic heterocycles. The predicted octanol–water partition coefficient (Wildman–Crippen LogP) is 2.43. The first-order chi connectivity index (χ1) is 13.3. The van der Waals surface area contributed by atoms with Crippen molar-refractivity contribution in [2.45, 2.75) is 12.7 Å². The average Bonchev–Trinajstić information content (AvgIpc) is 2.65. The van der Waals surface area contributed by atoms with Crippen molar-refractivity contribution in [2.24, 2.45) is 0 Å². The standard InChI is InChI=1S/C17H14Cl2N3O5P/c18-11-3-1-9(5-12(11)19)6-20-16(24)14-15(23)17(25)22-7-10(8-28(26)27)2-4-13(22)21-14/h1-5,7,23,26-27H,6,8H2,(H,20,24). The molecule has 0 fully saturated rings. The van der Waals surface area contributed by atoms with Crippen LogP contribution in [0.2, 0.25) is 10.0 Å². The number of rotatable bonds is 5. The maximum atomic E-state index is 12.4. The minimum Gasteiger partial charge on any atom is -0.501 e. The van der Waals surface area contributed by atoms with Gasteiger partial charge in [-0.05, 0) is 29.3 Å². The van der Waals surface area contributed by atoms with Crippen molar-refractivity contribution >= 4 is 43.1 Å². The van der Waals surface area contributed by atoms with E-state index in [2.05, 4.69) is 10.3 Å². The minimum absolute atomic E-state index is 0.0373. The number of carbonyl (C=O) groups is 1. The topological polar surface area (TPSA) is 124 Å². The van der Waals surface area contributed by atoms with Crippen molar-refractivity contribution in [3.63, 3.8) is 0 Å². The zero-order valence-electron chi connectivity index (χ0n) is 14.1. The highest BCUT2D eigenvalue weighted by Gasteiger charge is 2.19. The van der Waals surface area contributed by atoms with Crippen LogP contribution in [-0.4, -0.2) is 30.2 Å². The lowest BCUT2D eigenvalue weighted by Crippen LogP contribution is -2.27. The highest BCUT2D eigenvalue weighted by molar-refractivity contribution is 7.44. The van der Waals surface area contributed by atoms with Gasteiger partial charge in [-0.25, -0.2) is 4.98 Å². The van der Waals surface area contributed by atoms with Gasteiger partial charge in [0.15, 0.2) is 14.1 Å². The minimum atomic E-state index is -2.18. The number of pyridine rings is 1. The zero-order chi connectivity index (χ0) is 20.4. The number of halogens is 2. The van der Waals surface area contributed by atoms with Crippen molar-refractivity contribution in [3.05, 3.63) is 73.7 Å². The summed E-state index contributed by atoms with van der Waals surface area (Å²) in [4.78, 5) is 47.0. The molecule has 0 saturated heterocycles. The van der Waals surface area contributed by atoms with Crippen LogP contribution < -0.4 is 10.9 Å². The van der Waals surface area contributed by atoms with Gasteiger partial charge in [-0.3, -0.25) is 14.0 Å². The third kappa shape index (κ3) is 4.43. The SMILES string of the molecule is O=C(NCc1ccc(Cl)c(Cl)c1)c1nc2ccc(CP(O)O)cn2c(=O)c1O. The number of carbonyl (C=O) groups excluding carboxylic acids is 1. The second-order valence-electron chi connectivity index (χ2n) is 5.84. The first-order valence-electron chi connectivity index (χ1n) is 7.88. The Labute approximate surface area is 169 Å². The average molecular weight is 442 g/mol. The second-order valence-corrected chi connectivity index (χ2v) is 7.72. The number of fused-ring (bicyclic) bond motifs is 1. The number of aromatic hydroxyl groups is 1. The fraction of sp³-hybridized carbons (Fsp3) is 0.118. The number of aromatic nitrogens is 2. The fourth-order valence-electron chi connectivity index (χ4n) is 2.50. The monoisotopic (exact) mass is 441 g/mol. The van der Waals surface area contributed by atoms with Gasteiger partial charge in [-0.1, -0.05) is 35.3 Å². The van der Waals surface area contributed by atoms with Crippen LogP contribution >= 0.6 is 31.6 Å². The van der Waals surface area contributed by atoms with Crippen LogP contribution in [0.3, 0.4) is 0 Å². The van der Waals surface area contributed by atoms with Crippen molar-refractivity contribution in [1.82, 2.24) is 14.7 Å². The van der Waals surface area contributed by atoms with Crippen LogP contribution in [0.4, 0.5) is 0 Å². The van der Waals surface area contributed by atoms with E-state index in [1.165, 1.54) is 12.3 Å². The first-order valence-corrected chi connectivity index (χ1v) is 10.1. The summed E-state index contributed by atoms with van der Waals surface area (Å²) in [5.74, 6) is -1.54. The molecule has 0 unspecified atom stereocenters. The number of hydrogen-bond acceptors (Lipinski definition) is 6. The maximum Gasteiger partial charge on any atom is 0.300 e. The van der Waals surface area contributed by atoms with E-state index in [9.17, 15) is 14.7 Å². The Morgan fingerprint density at radius 1 is 1.14 bits per heavy atom. The summed E-state index contributed by atoms with van der Waals surface area (Å²) in [6.07, 6.45) is 1.30. The summed E-state index contributed by atoms with van der Waals surface area (Å²) in [6.45, 7) is 0.0890. The Kier molecular flexibility index (Phi) is 6.17. The molecule has 0 spiro atoms. The third-order valence-electron chi connectivity index (χ3n) is 3.84. The van der Waals surface area contributed by atoms with E-state index >= 15 is 0 Å². The predicted molar refractivity (Wildman–Crippen MR) is 106 cm³/mol. The largest absolute Gasteiger partial charge is 0.501 e. The van der Waals surface area contributed by atoms with Gasteiger partial charge in [-0.15, -0.1) is 0 Å². The lowest BCUT2D eigenvalue weighted by molar-refractivity contribution is 0.0942. The van der Waals surface area contributed by atoms with E-state index in [1.807, 2.05) is 0 Å². The highest BCUT2D eigenvalue weighted by atomic mass is 35.5. The second kappa shape index (κ2) is 8.43. The summed E-state index contributed by atoms with van der Waals surface area (Å²) in [6, 6.07) is 7.86. The Balaban J connectivity index is 1.87. The molecule has 8 nitrogen and oxygen atoms in total. The summed E-state index contributed by atoms with van der Waals surface area (Å²) >= 11 is 11.8. The summed E-state index contributed by atoms with van der Waals surface area (Å²) in [5.41, 5.74) is 0.0280. The highest BCUT2D eigenvalue weighted by Crippen LogP contribution is 2.29. The molecule has 1 amide bonds. The first kappa shape index (κ1) is 20.5. The van der Waals surface area contributed by atoms with Crippen molar-refractivity contribution in [2.75, 3.05) is 0 Å². The molecule has 0 aliphatic carbocycles. The number of benzene rings is 1. The molecule has 0 radical (unpaired) electrons. The van der Waals surface area contributed by atoms with E-state index in [0.717, 1.165) is 4.40 Å². The Morgan fingerprint density at radius 3 is 2.54 bits per heavy atom.